The Morgan fingerprint density at radius 1 is 1.20 bits per heavy atom. The molecule has 2 nitrogen and oxygen atoms in total. The van der Waals surface area contributed by atoms with Crippen LogP contribution in [0.5, 0.6) is 0 Å². The number of amides is 1. The summed E-state index contributed by atoms with van der Waals surface area (Å²) in [5, 5.41) is 6.27. The molecule has 0 fully saturated rings. The lowest BCUT2D eigenvalue weighted by Crippen LogP contribution is -2.11. The van der Waals surface area contributed by atoms with Gasteiger partial charge in [0.1, 0.15) is 0 Å². The molecule has 1 aromatic heterocycles. The topological polar surface area (TPSA) is 29.1 Å². The SMILES string of the molecule is Cc1ccc(NC(=O)c2csc3ccccc23)c(Cl)c1. The number of carbonyl (C=O) groups is 1. The second-order valence-corrected chi connectivity index (χ2v) is 5.90. The average Bonchev–Trinajstić information content (AvgIpc) is 2.86. The van der Waals surface area contributed by atoms with Crippen LogP contribution in [0.3, 0.4) is 0 Å². The van der Waals surface area contributed by atoms with E-state index in [4.69, 9.17) is 11.6 Å². The van der Waals surface area contributed by atoms with Crippen LogP contribution in [0.4, 0.5) is 5.69 Å². The van der Waals surface area contributed by atoms with Gasteiger partial charge in [0.15, 0.2) is 0 Å². The second-order valence-electron chi connectivity index (χ2n) is 4.58. The van der Waals surface area contributed by atoms with Gasteiger partial charge in [0, 0.05) is 15.5 Å². The van der Waals surface area contributed by atoms with E-state index in [1.807, 2.05) is 54.8 Å². The molecule has 0 atom stereocenters. The van der Waals surface area contributed by atoms with Crippen LogP contribution in [0.25, 0.3) is 10.1 Å². The Kier molecular flexibility index (Phi) is 3.47. The van der Waals surface area contributed by atoms with E-state index in [-0.39, 0.29) is 5.91 Å². The number of fused-ring (bicyclic) bond motifs is 1. The third kappa shape index (κ3) is 2.42. The van der Waals surface area contributed by atoms with Gasteiger partial charge >= 0.3 is 0 Å². The monoisotopic (exact) mass is 301 g/mol. The fourth-order valence-corrected chi connectivity index (χ4v) is 3.29. The van der Waals surface area contributed by atoms with Gasteiger partial charge in [-0.1, -0.05) is 35.9 Å². The van der Waals surface area contributed by atoms with E-state index < -0.39 is 0 Å². The predicted octanol–water partition coefficient (Wildman–Crippen LogP) is 5.12. The highest BCUT2D eigenvalue weighted by Crippen LogP contribution is 2.28. The van der Waals surface area contributed by atoms with Crippen molar-refractivity contribution in [2.75, 3.05) is 5.32 Å². The minimum Gasteiger partial charge on any atom is -0.321 e. The summed E-state index contributed by atoms with van der Waals surface area (Å²) in [6.07, 6.45) is 0. The predicted molar refractivity (Wildman–Crippen MR) is 86.0 cm³/mol. The van der Waals surface area contributed by atoms with Gasteiger partial charge < -0.3 is 5.32 Å². The Labute approximate surface area is 126 Å². The lowest BCUT2D eigenvalue weighted by Gasteiger charge is -2.07. The lowest BCUT2D eigenvalue weighted by molar-refractivity contribution is 0.102. The maximum absolute atomic E-state index is 12.4. The summed E-state index contributed by atoms with van der Waals surface area (Å²) in [5.74, 6) is -0.131. The molecule has 3 rings (SSSR count). The molecule has 0 saturated carbocycles. The number of hydrogen-bond acceptors (Lipinski definition) is 2. The number of nitrogens with one attached hydrogen (secondary N) is 1. The van der Waals surface area contributed by atoms with Crippen LogP contribution in [-0.2, 0) is 0 Å². The fourth-order valence-electron chi connectivity index (χ4n) is 2.06. The molecule has 4 heteroatoms. The molecule has 100 valence electrons. The smallest absolute Gasteiger partial charge is 0.257 e. The quantitative estimate of drug-likeness (QED) is 0.699. The van der Waals surface area contributed by atoms with Crippen LogP contribution in [-0.4, -0.2) is 5.91 Å². The van der Waals surface area contributed by atoms with Gasteiger partial charge in [0.05, 0.1) is 16.3 Å². The largest absolute Gasteiger partial charge is 0.321 e. The van der Waals surface area contributed by atoms with Crippen molar-refractivity contribution < 1.29 is 4.79 Å². The van der Waals surface area contributed by atoms with Crippen molar-refractivity contribution in [1.82, 2.24) is 0 Å². The number of halogens is 1. The molecule has 0 aliphatic carbocycles. The Hall–Kier alpha value is -1.84. The van der Waals surface area contributed by atoms with Crippen molar-refractivity contribution in [3.63, 3.8) is 0 Å². The van der Waals surface area contributed by atoms with Crippen molar-refractivity contribution in [2.24, 2.45) is 0 Å². The second kappa shape index (κ2) is 5.27. The highest BCUT2D eigenvalue weighted by molar-refractivity contribution is 7.17. The number of benzene rings is 2. The highest BCUT2D eigenvalue weighted by atomic mass is 35.5. The molecule has 0 unspecified atom stereocenters. The van der Waals surface area contributed by atoms with Crippen molar-refractivity contribution in [2.45, 2.75) is 6.92 Å². The molecule has 20 heavy (non-hydrogen) atoms. The van der Waals surface area contributed by atoms with Gasteiger partial charge in [0.2, 0.25) is 0 Å². The molecular formula is C16H12ClNOS. The molecule has 0 radical (unpaired) electrons. The van der Waals surface area contributed by atoms with Crippen molar-refractivity contribution in [3.8, 4) is 0 Å². The molecule has 2 aromatic carbocycles. The van der Waals surface area contributed by atoms with E-state index in [9.17, 15) is 4.79 Å². The Bertz CT molecular complexity index is 794. The summed E-state index contributed by atoms with van der Waals surface area (Å²) >= 11 is 7.71. The number of carbonyl (C=O) groups excluding carboxylic acids is 1. The molecule has 0 aliphatic heterocycles. The standard InChI is InChI=1S/C16H12ClNOS/c1-10-6-7-14(13(17)8-10)18-16(19)12-9-20-15-5-3-2-4-11(12)15/h2-9H,1H3,(H,18,19). The molecule has 0 spiro atoms. The number of hydrogen-bond donors (Lipinski definition) is 1. The molecule has 0 bridgehead atoms. The van der Waals surface area contributed by atoms with Crippen molar-refractivity contribution >= 4 is 44.6 Å². The van der Waals surface area contributed by atoms with E-state index in [1.54, 1.807) is 11.3 Å². The molecule has 3 aromatic rings. The van der Waals surface area contributed by atoms with E-state index in [2.05, 4.69) is 5.32 Å². The van der Waals surface area contributed by atoms with Crippen LogP contribution in [0.15, 0.2) is 47.8 Å². The van der Waals surface area contributed by atoms with Crippen molar-refractivity contribution in [1.29, 1.82) is 0 Å². The van der Waals surface area contributed by atoms with Crippen LogP contribution >= 0.6 is 22.9 Å². The molecular weight excluding hydrogens is 290 g/mol. The zero-order valence-corrected chi connectivity index (χ0v) is 12.4. The first-order valence-electron chi connectivity index (χ1n) is 6.19. The summed E-state index contributed by atoms with van der Waals surface area (Å²) in [7, 11) is 0. The van der Waals surface area contributed by atoms with Gasteiger partial charge in [0.25, 0.3) is 5.91 Å². The van der Waals surface area contributed by atoms with E-state index >= 15 is 0 Å². The summed E-state index contributed by atoms with van der Waals surface area (Å²) in [6, 6.07) is 13.5. The fraction of sp³-hybridized carbons (Fsp3) is 0.0625. The lowest BCUT2D eigenvalue weighted by atomic mass is 10.1. The highest BCUT2D eigenvalue weighted by Gasteiger charge is 2.13. The summed E-state index contributed by atoms with van der Waals surface area (Å²) in [5.41, 5.74) is 2.38. The number of anilines is 1. The summed E-state index contributed by atoms with van der Waals surface area (Å²) in [4.78, 5) is 12.4. The Morgan fingerprint density at radius 2 is 2.00 bits per heavy atom. The van der Waals surface area contributed by atoms with E-state index in [0.29, 0.717) is 16.3 Å². The molecule has 1 amide bonds. The Balaban J connectivity index is 1.93. The number of rotatable bonds is 2. The normalized spacial score (nSPS) is 10.7. The first-order valence-corrected chi connectivity index (χ1v) is 7.44. The minimum absolute atomic E-state index is 0.131. The van der Waals surface area contributed by atoms with Gasteiger partial charge in [-0.15, -0.1) is 11.3 Å². The molecule has 1 heterocycles. The molecule has 1 N–H and O–H groups in total. The summed E-state index contributed by atoms with van der Waals surface area (Å²) < 4.78 is 1.10. The third-order valence-electron chi connectivity index (χ3n) is 3.10. The van der Waals surface area contributed by atoms with Gasteiger partial charge in [-0.2, -0.15) is 0 Å². The summed E-state index contributed by atoms with van der Waals surface area (Å²) in [6.45, 7) is 1.96. The van der Waals surface area contributed by atoms with Crippen LogP contribution in [0.2, 0.25) is 5.02 Å². The first-order chi connectivity index (χ1) is 9.65. The van der Waals surface area contributed by atoms with E-state index in [0.717, 1.165) is 15.6 Å². The molecule has 0 aliphatic rings. The first kappa shape index (κ1) is 13.2. The average molecular weight is 302 g/mol. The zero-order valence-electron chi connectivity index (χ0n) is 10.8. The van der Waals surface area contributed by atoms with Crippen LogP contribution < -0.4 is 5.32 Å². The van der Waals surface area contributed by atoms with E-state index in [1.165, 1.54) is 0 Å². The Morgan fingerprint density at radius 3 is 2.80 bits per heavy atom. The van der Waals surface area contributed by atoms with Gasteiger partial charge in [-0.25, -0.2) is 0 Å². The number of aryl methyl sites for hydroxylation is 1. The third-order valence-corrected chi connectivity index (χ3v) is 4.37. The maximum atomic E-state index is 12.4. The van der Waals surface area contributed by atoms with Crippen molar-refractivity contribution in [3.05, 3.63) is 64.0 Å². The maximum Gasteiger partial charge on any atom is 0.257 e. The van der Waals surface area contributed by atoms with Crippen LogP contribution in [0.1, 0.15) is 15.9 Å². The minimum atomic E-state index is -0.131. The zero-order chi connectivity index (χ0) is 14.1. The van der Waals surface area contributed by atoms with Crippen LogP contribution in [0, 0.1) is 6.92 Å². The molecule has 0 saturated heterocycles. The van der Waals surface area contributed by atoms with Gasteiger partial charge in [-0.3, -0.25) is 4.79 Å². The van der Waals surface area contributed by atoms with Gasteiger partial charge in [-0.05, 0) is 30.7 Å². The number of thiophene rings is 1.